The van der Waals surface area contributed by atoms with E-state index in [0.717, 1.165) is 51.0 Å². The van der Waals surface area contributed by atoms with Crippen molar-refractivity contribution in [2.45, 2.75) is 20.0 Å². The fraction of sp³-hybridized carbons (Fsp3) is 0.179. The van der Waals surface area contributed by atoms with Gasteiger partial charge in [0.05, 0.1) is 16.6 Å². The molecule has 0 bridgehead atoms. The molecule has 0 unspecified atom stereocenters. The second-order valence-electron chi connectivity index (χ2n) is 8.28. The van der Waals surface area contributed by atoms with Gasteiger partial charge in [-0.05, 0) is 53.4 Å². The molecule has 0 aliphatic heterocycles. The van der Waals surface area contributed by atoms with E-state index in [0.29, 0.717) is 6.61 Å². The third-order valence-electron chi connectivity index (χ3n) is 6.02. The lowest BCUT2D eigenvalue weighted by molar-refractivity contribution is 0.0829. The molecule has 3 aromatic heterocycles. The van der Waals surface area contributed by atoms with Gasteiger partial charge in [-0.3, -0.25) is 4.79 Å². The van der Waals surface area contributed by atoms with Gasteiger partial charge in [0.25, 0.3) is 5.91 Å². The van der Waals surface area contributed by atoms with Crippen LogP contribution in [0.2, 0.25) is 0 Å². The minimum Gasteiger partial charge on any atom is -0.489 e. The molecular weight excluding hydrogens is 396 g/mol. The fourth-order valence-corrected chi connectivity index (χ4v) is 4.51. The molecule has 5 aromatic rings. The zero-order valence-electron chi connectivity index (χ0n) is 18.6. The lowest BCUT2D eigenvalue weighted by Crippen LogP contribution is -2.21. The minimum absolute atomic E-state index is 0.0207. The zero-order valence-corrected chi connectivity index (χ0v) is 18.6. The van der Waals surface area contributed by atoms with Crippen LogP contribution in [0.5, 0.6) is 5.75 Å². The predicted molar refractivity (Wildman–Crippen MR) is 130 cm³/mol. The Morgan fingerprint density at radius 3 is 2.38 bits per heavy atom. The Morgan fingerprint density at radius 2 is 1.69 bits per heavy atom. The summed E-state index contributed by atoms with van der Waals surface area (Å²) >= 11 is 0. The van der Waals surface area contributed by atoms with Crippen molar-refractivity contribution in [2.24, 2.45) is 0 Å². The van der Waals surface area contributed by atoms with E-state index >= 15 is 0 Å². The second-order valence-corrected chi connectivity index (χ2v) is 8.28. The van der Waals surface area contributed by atoms with E-state index in [9.17, 15) is 4.79 Å². The fourth-order valence-electron chi connectivity index (χ4n) is 4.51. The smallest absolute Gasteiger partial charge is 0.255 e. The summed E-state index contributed by atoms with van der Waals surface area (Å²) in [5.41, 5.74) is 8.57. The van der Waals surface area contributed by atoms with Crippen molar-refractivity contribution in [1.82, 2.24) is 9.30 Å². The molecule has 4 heteroatoms. The van der Waals surface area contributed by atoms with Gasteiger partial charge in [-0.1, -0.05) is 55.5 Å². The molecule has 0 atom stereocenters. The number of rotatable bonds is 6. The molecule has 0 saturated heterocycles. The van der Waals surface area contributed by atoms with Crippen LogP contribution in [0.1, 0.15) is 28.4 Å². The second kappa shape index (κ2) is 8.04. The molecule has 0 aliphatic rings. The van der Waals surface area contributed by atoms with Crippen molar-refractivity contribution in [1.29, 1.82) is 0 Å². The number of hydrogen-bond donors (Lipinski definition) is 0. The topological polar surface area (TPSA) is 34.0 Å². The number of carbonyl (C=O) groups excluding carboxylic acids is 1. The van der Waals surface area contributed by atoms with Crippen molar-refractivity contribution in [3.8, 4) is 16.9 Å². The Balaban J connectivity index is 1.59. The van der Waals surface area contributed by atoms with Crippen molar-refractivity contribution in [2.75, 3.05) is 14.1 Å². The monoisotopic (exact) mass is 422 g/mol. The number of aromatic nitrogens is 1. The van der Waals surface area contributed by atoms with Gasteiger partial charge < -0.3 is 14.0 Å². The molecule has 0 radical (unpaired) electrons. The lowest BCUT2D eigenvalue weighted by Gasteiger charge is -2.11. The van der Waals surface area contributed by atoms with Crippen LogP contribution in [0, 0.1) is 0 Å². The maximum Gasteiger partial charge on any atom is 0.255 e. The van der Waals surface area contributed by atoms with E-state index in [1.165, 1.54) is 5.56 Å². The molecule has 160 valence electrons. The van der Waals surface area contributed by atoms with Gasteiger partial charge in [-0.25, -0.2) is 0 Å². The molecule has 0 N–H and O–H groups in total. The average molecular weight is 423 g/mol. The Labute approximate surface area is 188 Å². The molecule has 5 rings (SSSR count). The Bertz CT molecular complexity index is 1380. The van der Waals surface area contributed by atoms with Crippen LogP contribution in [-0.2, 0) is 13.0 Å². The zero-order chi connectivity index (χ0) is 22.2. The van der Waals surface area contributed by atoms with E-state index in [1.54, 1.807) is 19.0 Å². The maximum absolute atomic E-state index is 13.0. The molecule has 2 aromatic carbocycles. The summed E-state index contributed by atoms with van der Waals surface area (Å²) in [6.07, 6.45) is 0.887. The predicted octanol–water partition coefficient (Wildman–Crippen LogP) is 6.04. The summed E-state index contributed by atoms with van der Waals surface area (Å²) < 4.78 is 8.21. The molecule has 0 saturated carbocycles. The molecule has 0 spiro atoms. The summed E-state index contributed by atoms with van der Waals surface area (Å²) in [6.45, 7) is 2.71. The highest BCUT2D eigenvalue weighted by Crippen LogP contribution is 2.40. The first-order valence-corrected chi connectivity index (χ1v) is 11.0. The summed E-state index contributed by atoms with van der Waals surface area (Å²) in [5.74, 6) is 0.851. The Kier molecular flexibility index (Phi) is 5.06. The van der Waals surface area contributed by atoms with Crippen LogP contribution in [0.25, 0.3) is 27.7 Å². The van der Waals surface area contributed by atoms with E-state index < -0.39 is 0 Å². The molecule has 0 aliphatic carbocycles. The van der Waals surface area contributed by atoms with Gasteiger partial charge in [0, 0.05) is 25.2 Å². The normalized spacial score (nSPS) is 11.3. The highest BCUT2D eigenvalue weighted by Gasteiger charge is 2.25. The first-order valence-electron chi connectivity index (χ1n) is 11.0. The molecule has 0 fully saturated rings. The lowest BCUT2D eigenvalue weighted by atomic mass is 9.98. The highest BCUT2D eigenvalue weighted by molar-refractivity contribution is 6.10. The number of nitrogens with zero attached hydrogens (tertiary/aromatic N) is 2. The molecular formula is C28H26N2O2. The number of ether oxygens (including phenoxy) is 1. The summed E-state index contributed by atoms with van der Waals surface area (Å²) in [7, 11) is 3.60. The Hall–Kier alpha value is -3.79. The quantitative estimate of drug-likeness (QED) is 0.334. The number of carbonyl (C=O) groups is 1. The highest BCUT2D eigenvalue weighted by atomic mass is 16.5. The molecule has 3 heterocycles. The summed E-state index contributed by atoms with van der Waals surface area (Å²) in [4.78, 5) is 14.7. The number of hydrogen-bond acceptors (Lipinski definition) is 2. The van der Waals surface area contributed by atoms with E-state index in [4.69, 9.17) is 4.74 Å². The van der Waals surface area contributed by atoms with Crippen molar-refractivity contribution >= 4 is 22.5 Å². The third-order valence-corrected chi connectivity index (χ3v) is 6.02. The standard InChI is InChI=1S/C28H26N2O2/c1-4-23-25-12-8-11-21-17-24(28(31)29(2)3)27(30(21)25)26(23)20-13-15-22(16-14-20)32-18-19-9-6-5-7-10-19/h5-17H,4,18H2,1-3H3. The van der Waals surface area contributed by atoms with Crippen LogP contribution in [-0.4, -0.2) is 29.3 Å². The molecule has 1 amide bonds. The summed E-state index contributed by atoms with van der Waals surface area (Å²) in [6, 6.07) is 26.7. The van der Waals surface area contributed by atoms with Crippen LogP contribution < -0.4 is 4.74 Å². The maximum atomic E-state index is 13.0. The number of benzene rings is 2. The van der Waals surface area contributed by atoms with Gasteiger partial charge in [0.1, 0.15) is 12.4 Å². The number of pyridine rings is 1. The Morgan fingerprint density at radius 1 is 0.938 bits per heavy atom. The number of amides is 1. The largest absolute Gasteiger partial charge is 0.489 e. The van der Waals surface area contributed by atoms with Gasteiger partial charge in [0.2, 0.25) is 0 Å². The molecule has 4 nitrogen and oxygen atoms in total. The van der Waals surface area contributed by atoms with Crippen LogP contribution in [0.4, 0.5) is 0 Å². The first-order chi connectivity index (χ1) is 15.6. The summed E-state index contributed by atoms with van der Waals surface area (Å²) in [5, 5.41) is 0. The van der Waals surface area contributed by atoms with E-state index in [2.05, 4.69) is 53.8 Å². The number of aryl methyl sites for hydroxylation is 1. The van der Waals surface area contributed by atoms with E-state index in [-0.39, 0.29) is 5.91 Å². The van der Waals surface area contributed by atoms with Crippen molar-refractivity contribution in [3.63, 3.8) is 0 Å². The van der Waals surface area contributed by atoms with Crippen LogP contribution >= 0.6 is 0 Å². The van der Waals surface area contributed by atoms with E-state index in [1.807, 2.05) is 36.4 Å². The SMILES string of the molecule is CCc1c(-c2ccc(OCc3ccccc3)cc2)c2c(C(=O)N(C)C)cc3cccc1n32. The van der Waals surface area contributed by atoms with Gasteiger partial charge in [-0.2, -0.15) is 0 Å². The van der Waals surface area contributed by atoms with Gasteiger partial charge in [-0.15, -0.1) is 0 Å². The minimum atomic E-state index is 0.0207. The van der Waals surface area contributed by atoms with Gasteiger partial charge in [0.15, 0.2) is 0 Å². The molecule has 32 heavy (non-hydrogen) atoms. The first kappa shape index (κ1) is 20.1. The van der Waals surface area contributed by atoms with Crippen LogP contribution in [0.15, 0.2) is 78.9 Å². The average Bonchev–Trinajstić information content (AvgIpc) is 3.37. The van der Waals surface area contributed by atoms with Crippen molar-refractivity contribution < 1.29 is 9.53 Å². The van der Waals surface area contributed by atoms with Gasteiger partial charge >= 0.3 is 0 Å². The van der Waals surface area contributed by atoms with Crippen LogP contribution in [0.3, 0.4) is 0 Å². The third kappa shape index (κ3) is 3.28. The van der Waals surface area contributed by atoms with Crippen molar-refractivity contribution in [3.05, 3.63) is 95.6 Å².